The summed E-state index contributed by atoms with van der Waals surface area (Å²) in [5.41, 5.74) is 15.7. The highest BCUT2D eigenvalue weighted by Gasteiger charge is 2.25. The van der Waals surface area contributed by atoms with E-state index in [1.54, 1.807) is 0 Å². The molecule has 9 aromatic rings. The molecule has 0 bridgehead atoms. The molecule has 0 N–H and O–H groups in total. The molecule has 2 aliphatic rings. The Balaban J connectivity index is 0.966. The maximum atomic E-state index is 2.50. The first kappa shape index (κ1) is 38.9. The maximum absolute atomic E-state index is 2.50. The van der Waals surface area contributed by atoms with Crippen LogP contribution in [0.2, 0.25) is 0 Å². The topological polar surface area (TPSA) is 6.48 Å². The van der Waals surface area contributed by atoms with Crippen LogP contribution in [-0.2, 0) is 0 Å². The minimum absolute atomic E-state index is 0.163. The second-order valence-electron chi connectivity index (χ2n) is 16.7. The average Bonchev–Trinajstić information content (AvgIpc) is 3.38. The van der Waals surface area contributed by atoms with Crippen molar-refractivity contribution in [2.45, 2.75) is 25.2 Å². The molecule has 0 aliphatic heterocycles. The first-order chi connectivity index (χ1) is 31.8. The number of rotatable bonds is 10. The Kier molecular flexibility index (Phi) is 10.6. The fourth-order valence-corrected chi connectivity index (χ4v) is 9.77. The van der Waals surface area contributed by atoms with E-state index < -0.39 is 0 Å². The lowest BCUT2D eigenvalue weighted by atomic mass is 9.85. The summed E-state index contributed by atoms with van der Waals surface area (Å²) in [5.74, 6) is 0.163. The van der Waals surface area contributed by atoms with Crippen LogP contribution < -0.4 is 9.80 Å². The Morgan fingerprint density at radius 1 is 0.406 bits per heavy atom. The predicted molar refractivity (Wildman–Crippen MR) is 273 cm³/mol. The van der Waals surface area contributed by atoms with Crippen molar-refractivity contribution >= 4 is 55.6 Å². The first-order valence-corrected chi connectivity index (χ1v) is 22.5. The molecule has 1 unspecified atom stereocenters. The van der Waals surface area contributed by atoms with Gasteiger partial charge in [-0.25, -0.2) is 0 Å². The molecule has 0 saturated carbocycles. The van der Waals surface area contributed by atoms with Gasteiger partial charge >= 0.3 is 0 Å². The van der Waals surface area contributed by atoms with Gasteiger partial charge in [-0.15, -0.1) is 0 Å². The Morgan fingerprint density at radius 2 is 0.938 bits per heavy atom. The zero-order valence-corrected chi connectivity index (χ0v) is 35.8. The molecule has 64 heavy (non-hydrogen) atoms. The molecule has 306 valence electrons. The third kappa shape index (κ3) is 7.54. The van der Waals surface area contributed by atoms with Crippen LogP contribution in [-0.4, -0.2) is 0 Å². The zero-order chi connectivity index (χ0) is 42.7. The number of nitrogens with zero attached hydrogens (tertiary/aromatic N) is 2. The average molecular weight is 821 g/mol. The van der Waals surface area contributed by atoms with Crippen LogP contribution in [0.25, 0.3) is 49.4 Å². The van der Waals surface area contributed by atoms with Gasteiger partial charge in [0.1, 0.15) is 0 Å². The normalized spacial score (nSPS) is 14.6. The lowest BCUT2D eigenvalue weighted by Crippen LogP contribution is -2.19. The van der Waals surface area contributed by atoms with Gasteiger partial charge in [-0.2, -0.15) is 0 Å². The third-order valence-electron chi connectivity index (χ3n) is 12.8. The van der Waals surface area contributed by atoms with Crippen molar-refractivity contribution in [2.75, 3.05) is 9.80 Å². The highest BCUT2D eigenvalue weighted by atomic mass is 15.2. The minimum Gasteiger partial charge on any atom is -0.314 e. The first-order valence-electron chi connectivity index (χ1n) is 22.5. The van der Waals surface area contributed by atoms with Gasteiger partial charge in [0.2, 0.25) is 0 Å². The second kappa shape index (κ2) is 17.4. The van der Waals surface area contributed by atoms with Crippen molar-refractivity contribution in [3.63, 3.8) is 0 Å². The second-order valence-corrected chi connectivity index (χ2v) is 16.7. The number of benzene rings is 9. The summed E-state index contributed by atoms with van der Waals surface area (Å²) >= 11 is 0. The molecule has 11 rings (SSSR count). The van der Waals surface area contributed by atoms with Crippen molar-refractivity contribution in [3.8, 4) is 22.3 Å². The summed E-state index contributed by atoms with van der Waals surface area (Å²) in [6.07, 6.45) is 16.9. The molecule has 2 heteroatoms. The number of hydrogen-bond donors (Lipinski definition) is 0. The molecule has 2 nitrogen and oxygen atoms in total. The van der Waals surface area contributed by atoms with Crippen molar-refractivity contribution in [3.05, 3.63) is 266 Å². The summed E-state index contributed by atoms with van der Waals surface area (Å²) in [6.45, 7) is 0. The lowest BCUT2D eigenvalue weighted by molar-refractivity contribution is 0.855. The van der Waals surface area contributed by atoms with E-state index in [1.165, 1.54) is 77.6 Å². The minimum atomic E-state index is 0.163. The highest BCUT2D eigenvalue weighted by Crippen LogP contribution is 2.45. The number of hydrogen-bond acceptors (Lipinski definition) is 2. The van der Waals surface area contributed by atoms with E-state index in [0.29, 0.717) is 0 Å². The van der Waals surface area contributed by atoms with Crippen molar-refractivity contribution in [1.29, 1.82) is 0 Å². The molecule has 0 radical (unpaired) electrons. The van der Waals surface area contributed by atoms with Crippen LogP contribution in [0.15, 0.2) is 254 Å². The Labute approximate surface area is 376 Å². The molecule has 2 aliphatic carbocycles. The molecule has 0 fully saturated rings. The largest absolute Gasteiger partial charge is 0.314 e. The molecule has 0 saturated heterocycles. The van der Waals surface area contributed by atoms with Crippen LogP contribution in [0, 0.1) is 0 Å². The molecule has 0 spiro atoms. The summed E-state index contributed by atoms with van der Waals surface area (Å²) < 4.78 is 0. The third-order valence-corrected chi connectivity index (χ3v) is 12.8. The van der Waals surface area contributed by atoms with Crippen LogP contribution >= 0.6 is 0 Å². The summed E-state index contributed by atoms with van der Waals surface area (Å²) in [6, 6.07) is 77.4. The van der Waals surface area contributed by atoms with Gasteiger partial charge in [-0.1, -0.05) is 194 Å². The standard InChI is InChI=1S/C62H48N2/c1-3-24-51(25-4-1)63(53-40-36-47(37-41-53)57-32-16-20-45-18-7-9-28-55(45)57)61-34-13-11-30-59(61)49-22-15-23-50(44-49)60-31-12-14-35-62(60)64(52-26-5-2-6-27-52)54-42-38-48(39-43-54)58-33-17-21-46-19-8-10-29-56(46)58/h1-5,7-21,23-26,28-44,49H,6,22,27H2. The maximum Gasteiger partial charge on any atom is 0.0536 e. The van der Waals surface area contributed by atoms with E-state index >= 15 is 0 Å². The Morgan fingerprint density at radius 3 is 1.59 bits per heavy atom. The van der Waals surface area contributed by atoms with Gasteiger partial charge in [-0.3, -0.25) is 0 Å². The van der Waals surface area contributed by atoms with Gasteiger partial charge < -0.3 is 9.80 Å². The van der Waals surface area contributed by atoms with E-state index in [9.17, 15) is 0 Å². The monoisotopic (exact) mass is 820 g/mol. The van der Waals surface area contributed by atoms with E-state index in [1.807, 2.05) is 0 Å². The fourth-order valence-electron chi connectivity index (χ4n) is 9.77. The van der Waals surface area contributed by atoms with Gasteiger partial charge in [-0.05, 0) is 129 Å². The van der Waals surface area contributed by atoms with Crippen LogP contribution in [0.1, 0.15) is 36.3 Å². The molecule has 1 atom stereocenters. The van der Waals surface area contributed by atoms with Gasteiger partial charge in [0, 0.05) is 39.9 Å². The fraction of sp³-hybridized carbons (Fsp3) is 0.0645. The number of allylic oxidation sites excluding steroid dienone is 8. The van der Waals surface area contributed by atoms with Crippen LogP contribution in [0.5, 0.6) is 0 Å². The predicted octanol–water partition coefficient (Wildman–Crippen LogP) is 17.3. The number of para-hydroxylation sites is 3. The SMILES string of the molecule is C1=CCCC(N(c2ccc(-c3cccc4ccccc34)cc2)c2ccccc2C2=CC(c3ccccc3N(c3ccccc3)c3ccc(-c4cccc5ccccc45)cc3)CC=C2)=C1. The summed E-state index contributed by atoms with van der Waals surface area (Å²) in [7, 11) is 0. The Bertz CT molecular complexity index is 3230. The van der Waals surface area contributed by atoms with E-state index in [-0.39, 0.29) is 5.92 Å². The summed E-state index contributed by atoms with van der Waals surface area (Å²) in [5, 5.41) is 5.05. The molecular formula is C62H48N2. The van der Waals surface area contributed by atoms with Gasteiger partial charge in [0.15, 0.2) is 0 Å². The van der Waals surface area contributed by atoms with Gasteiger partial charge in [0.25, 0.3) is 0 Å². The zero-order valence-electron chi connectivity index (χ0n) is 35.8. The number of anilines is 5. The van der Waals surface area contributed by atoms with Crippen molar-refractivity contribution < 1.29 is 0 Å². The molecular weight excluding hydrogens is 773 g/mol. The Hall–Kier alpha value is -7.94. The summed E-state index contributed by atoms with van der Waals surface area (Å²) in [4.78, 5) is 4.91. The van der Waals surface area contributed by atoms with Crippen molar-refractivity contribution in [2.24, 2.45) is 0 Å². The molecule has 9 aromatic carbocycles. The molecule has 0 heterocycles. The van der Waals surface area contributed by atoms with Crippen molar-refractivity contribution in [1.82, 2.24) is 0 Å². The quantitative estimate of drug-likeness (QED) is 0.136. The van der Waals surface area contributed by atoms with E-state index in [0.717, 1.165) is 36.3 Å². The number of fused-ring (bicyclic) bond motifs is 2. The van der Waals surface area contributed by atoms with E-state index in [4.69, 9.17) is 0 Å². The van der Waals surface area contributed by atoms with Crippen LogP contribution in [0.3, 0.4) is 0 Å². The van der Waals surface area contributed by atoms with Crippen LogP contribution in [0.4, 0.5) is 28.4 Å². The van der Waals surface area contributed by atoms with Gasteiger partial charge in [0.05, 0.1) is 5.69 Å². The highest BCUT2D eigenvalue weighted by molar-refractivity contribution is 5.98. The lowest BCUT2D eigenvalue weighted by Gasteiger charge is -2.32. The molecule has 0 aromatic heterocycles. The van der Waals surface area contributed by atoms with E-state index in [2.05, 4.69) is 259 Å². The smallest absolute Gasteiger partial charge is 0.0536 e. The molecule has 0 amide bonds.